The van der Waals surface area contributed by atoms with Gasteiger partial charge in [0.2, 0.25) is 0 Å². The highest BCUT2D eigenvalue weighted by molar-refractivity contribution is 5.72. The first-order valence-corrected chi connectivity index (χ1v) is 9.47. The van der Waals surface area contributed by atoms with Crippen molar-refractivity contribution in [3.8, 4) is 22.9 Å². The van der Waals surface area contributed by atoms with E-state index in [2.05, 4.69) is 24.3 Å². The Bertz CT molecular complexity index is 920. The molecule has 146 valence electrons. The Balaban J connectivity index is 1.81. The van der Waals surface area contributed by atoms with Gasteiger partial charge in [-0.1, -0.05) is 30.3 Å². The normalized spacial score (nSPS) is 13.5. The Kier molecular flexibility index (Phi) is 5.30. The van der Waals surface area contributed by atoms with Crippen molar-refractivity contribution in [2.75, 3.05) is 27.9 Å². The van der Waals surface area contributed by atoms with Gasteiger partial charge in [-0.05, 0) is 36.1 Å². The molecule has 0 N–H and O–H groups in total. The minimum Gasteiger partial charge on any atom is -0.496 e. The van der Waals surface area contributed by atoms with E-state index >= 15 is 0 Å². The molecule has 0 radical (unpaired) electrons. The lowest BCUT2D eigenvalue weighted by Crippen LogP contribution is -2.13. The SMILES string of the molecule is COCCc1nc(-c2c(OC)cccc2OC)n(C2Cc3ccccc3C2)n1. The van der Waals surface area contributed by atoms with E-state index in [9.17, 15) is 0 Å². The monoisotopic (exact) mass is 379 g/mol. The van der Waals surface area contributed by atoms with E-state index in [-0.39, 0.29) is 6.04 Å². The van der Waals surface area contributed by atoms with Gasteiger partial charge in [0.1, 0.15) is 17.1 Å². The van der Waals surface area contributed by atoms with E-state index in [4.69, 9.17) is 24.3 Å². The van der Waals surface area contributed by atoms with Crippen molar-refractivity contribution in [2.45, 2.75) is 25.3 Å². The van der Waals surface area contributed by atoms with Crippen LogP contribution >= 0.6 is 0 Å². The number of hydrogen-bond donors (Lipinski definition) is 0. The highest BCUT2D eigenvalue weighted by atomic mass is 16.5. The van der Waals surface area contributed by atoms with Gasteiger partial charge in [0.15, 0.2) is 11.6 Å². The number of benzene rings is 2. The van der Waals surface area contributed by atoms with Crippen LogP contribution in [0.5, 0.6) is 11.5 Å². The van der Waals surface area contributed by atoms with Gasteiger partial charge in [0.25, 0.3) is 0 Å². The van der Waals surface area contributed by atoms with Gasteiger partial charge < -0.3 is 14.2 Å². The predicted octanol–water partition coefficient (Wildman–Crippen LogP) is 3.49. The lowest BCUT2D eigenvalue weighted by molar-refractivity contribution is 0.200. The summed E-state index contributed by atoms with van der Waals surface area (Å²) in [4.78, 5) is 4.85. The largest absolute Gasteiger partial charge is 0.496 e. The summed E-state index contributed by atoms with van der Waals surface area (Å²) in [5, 5.41) is 4.85. The molecule has 0 amide bonds. The van der Waals surface area contributed by atoms with E-state index < -0.39 is 0 Å². The molecule has 1 aliphatic carbocycles. The standard InChI is InChI=1S/C22H25N3O3/c1-26-12-11-20-23-22(21-18(27-2)9-6-10-19(21)28-3)25(24-20)17-13-15-7-4-5-8-16(15)14-17/h4-10,17H,11-14H2,1-3H3. The third-order valence-electron chi connectivity index (χ3n) is 5.23. The molecule has 0 atom stereocenters. The molecule has 0 bridgehead atoms. The maximum Gasteiger partial charge on any atom is 0.166 e. The smallest absolute Gasteiger partial charge is 0.166 e. The molecule has 0 aliphatic heterocycles. The number of methoxy groups -OCH3 is 3. The zero-order valence-corrected chi connectivity index (χ0v) is 16.5. The van der Waals surface area contributed by atoms with Gasteiger partial charge in [0.05, 0.1) is 26.9 Å². The third-order valence-corrected chi connectivity index (χ3v) is 5.23. The summed E-state index contributed by atoms with van der Waals surface area (Å²) < 4.78 is 18.5. The first-order chi connectivity index (χ1) is 13.7. The second-order valence-corrected chi connectivity index (χ2v) is 6.91. The molecular weight excluding hydrogens is 354 g/mol. The van der Waals surface area contributed by atoms with Crippen molar-refractivity contribution in [1.82, 2.24) is 14.8 Å². The van der Waals surface area contributed by atoms with Crippen LogP contribution in [0.3, 0.4) is 0 Å². The maximum atomic E-state index is 5.63. The van der Waals surface area contributed by atoms with Crippen LogP contribution in [-0.4, -0.2) is 42.7 Å². The molecule has 1 heterocycles. The summed E-state index contributed by atoms with van der Waals surface area (Å²) in [5.74, 6) is 2.99. The Morgan fingerprint density at radius 2 is 1.57 bits per heavy atom. The molecular formula is C22H25N3O3. The van der Waals surface area contributed by atoms with Crippen molar-refractivity contribution in [2.24, 2.45) is 0 Å². The number of ether oxygens (including phenoxy) is 3. The molecule has 28 heavy (non-hydrogen) atoms. The van der Waals surface area contributed by atoms with Crippen LogP contribution in [0.15, 0.2) is 42.5 Å². The molecule has 0 unspecified atom stereocenters. The zero-order valence-electron chi connectivity index (χ0n) is 16.5. The van der Waals surface area contributed by atoms with Crippen LogP contribution in [0, 0.1) is 0 Å². The van der Waals surface area contributed by atoms with Crippen LogP contribution < -0.4 is 9.47 Å². The molecule has 1 aliphatic rings. The predicted molar refractivity (Wildman–Crippen MR) is 107 cm³/mol. The van der Waals surface area contributed by atoms with Gasteiger partial charge in [-0.2, -0.15) is 5.10 Å². The van der Waals surface area contributed by atoms with Crippen molar-refractivity contribution in [1.29, 1.82) is 0 Å². The van der Waals surface area contributed by atoms with Crippen LogP contribution in [0.2, 0.25) is 0 Å². The fraction of sp³-hybridized carbons (Fsp3) is 0.364. The number of hydrogen-bond acceptors (Lipinski definition) is 5. The van der Waals surface area contributed by atoms with Gasteiger partial charge >= 0.3 is 0 Å². The molecule has 0 saturated heterocycles. The molecule has 0 spiro atoms. The quantitative estimate of drug-likeness (QED) is 0.629. The van der Waals surface area contributed by atoms with E-state index in [1.807, 2.05) is 22.9 Å². The van der Waals surface area contributed by atoms with Crippen LogP contribution in [0.1, 0.15) is 23.0 Å². The van der Waals surface area contributed by atoms with Crippen molar-refractivity contribution >= 4 is 0 Å². The van der Waals surface area contributed by atoms with Gasteiger partial charge in [0, 0.05) is 13.5 Å². The molecule has 0 saturated carbocycles. The van der Waals surface area contributed by atoms with Crippen molar-refractivity contribution in [3.05, 3.63) is 59.4 Å². The molecule has 1 aromatic heterocycles. The average molecular weight is 379 g/mol. The Hall–Kier alpha value is -2.86. The zero-order chi connectivity index (χ0) is 19.5. The molecule has 4 rings (SSSR count). The second-order valence-electron chi connectivity index (χ2n) is 6.91. The summed E-state index contributed by atoms with van der Waals surface area (Å²) in [6.07, 6.45) is 2.54. The second kappa shape index (κ2) is 8.02. The number of aromatic nitrogens is 3. The fourth-order valence-electron chi connectivity index (χ4n) is 3.87. The van der Waals surface area contributed by atoms with Crippen LogP contribution in [-0.2, 0) is 24.0 Å². The lowest BCUT2D eigenvalue weighted by atomic mass is 10.1. The van der Waals surface area contributed by atoms with E-state index in [1.54, 1.807) is 21.3 Å². The lowest BCUT2D eigenvalue weighted by Gasteiger charge is -2.16. The Morgan fingerprint density at radius 3 is 2.14 bits per heavy atom. The third kappa shape index (κ3) is 3.36. The summed E-state index contributed by atoms with van der Waals surface area (Å²) in [6.45, 7) is 0.581. The minimum atomic E-state index is 0.214. The number of nitrogens with zero attached hydrogens (tertiary/aromatic N) is 3. The van der Waals surface area contributed by atoms with Gasteiger partial charge in [-0.25, -0.2) is 9.67 Å². The van der Waals surface area contributed by atoms with E-state index in [0.717, 1.165) is 41.6 Å². The fourth-order valence-corrected chi connectivity index (χ4v) is 3.87. The Labute approximate surface area is 165 Å². The van der Waals surface area contributed by atoms with Gasteiger partial charge in [-0.3, -0.25) is 0 Å². The number of rotatable bonds is 7. The summed E-state index contributed by atoms with van der Waals surface area (Å²) in [6, 6.07) is 14.6. The van der Waals surface area contributed by atoms with Gasteiger partial charge in [-0.15, -0.1) is 0 Å². The number of fused-ring (bicyclic) bond motifs is 1. The average Bonchev–Trinajstić information content (AvgIpc) is 3.35. The highest BCUT2D eigenvalue weighted by Crippen LogP contribution is 2.40. The van der Waals surface area contributed by atoms with E-state index in [0.29, 0.717) is 13.0 Å². The molecule has 0 fully saturated rings. The van der Waals surface area contributed by atoms with E-state index in [1.165, 1.54) is 11.1 Å². The molecule has 6 nitrogen and oxygen atoms in total. The molecule has 6 heteroatoms. The Morgan fingerprint density at radius 1 is 0.929 bits per heavy atom. The van der Waals surface area contributed by atoms with Crippen LogP contribution in [0.4, 0.5) is 0 Å². The first-order valence-electron chi connectivity index (χ1n) is 9.47. The summed E-state index contributed by atoms with van der Waals surface area (Å²) in [7, 11) is 5.02. The van der Waals surface area contributed by atoms with Crippen LogP contribution in [0.25, 0.3) is 11.4 Å². The summed E-state index contributed by atoms with van der Waals surface area (Å²) in [5.41, 5.74) is 3.58. The molecule has 2 aromatic carbocycles. The van der Waals surface area contributed by atoms with Crippen molar-refractivity contribution in [3.63, 3.8) is 0 Å². The topological polar surface area (TPSA) is 58.4 Å². The molecule has 3 aromatic rings. The highest BCUT2D eigenvalue weighted by Gasteiger charge is 2.29. The maximum absolute atomic E-state index is 5.63. The first kappa shape index (κ1) is 18.5. The summed E-state index contributed by atoms with van der Waals surface area (Å²) >= 11 is 0. The van der Waals surface area contributed by atoms with Crippen molar-refractivity contribution < 1.29 is 14.2 Å². The minimum absolute atomic E-state index is 0.214.